The summed E-state index contributed by atoms with van der Waals surface area (Å²) in [6, 6.07) is 4.35. The first-order valence-corrected chi connectivity index (χ1v) is 5.90. The molecule has 0 spiro atoms. The van der Waals surface area contributed by atoms with Crippen LogP contribution in [0.1, 0.15) is 12.0 Å². The van der Waals surface area contributed by atoms with Gasteiger partial charge in [0.1, 0.15) is 5.75 Å². The number of benzene rings is 1. The molecule has 0 radical (unpaired) electrons. The number of ether oxygens (including phenoxy) is 1. The Morgan fingerprint density at radius 3 is 2.72 bits per heavy atom. The fourth-order valence-electron chi connectivity index (χ4n) is 1.15. The molecule has 1 N–H and O–H groups in total. The highest BCUT2D eigenvalue weighted by molar-refractivity contribution is 9.10. The van der Waals surface area contributed by atoms with E-state index >= 15 is 0 Å². The van der Waals surface area contributed by atoms with Crippen molar-refractivity contribution in [1.29, 1.82) is 0 Å². The molecule has 1 aromatic rings. The minimum Gasteiger partial charge on any atom is -0.404 e. The van der Waals surface area contributed by atoms with Crippen LogP contribution in [0, 0.1) is 11.8 Å². The zero-order valence-corrected chi connectivity index (χ0v) is 11.2. The van der Waals surface area contributed by atoms with Crippen molar-refractivity contribution in [2.75, 3.05) is 13.6 Å². The Balaban J connectivity index is 2.92. The zero-order valence-electron chi connectivity index (χ0n) is 9.57. The van der Waals surface area contributed by atoms with E-state index in [1.807, 2.05) is 0 Å². The van der Waals surface area contributed by atoms with Gasteiger partial charge in [-0.2, -0.15) is 0 Å². The van der Waals surface area contributed by atoms with E-state index < -0.39 is 6.36 Å². The quantitative estimate of drug-likeness (QED) is 0.681. The summed E-state index contributed by atoms with van der Waals surface area (Å²) < 4.78 is 41.0. The summed E-state index contributed by atoms with van der Waals surface area (Å²) in [4.78, 5) is 0. The van der Waals surface area contributed by atoms with Crippen LogP contribution in [0.2, 0.25) is 0 Å². The van der Waals surface area contributed by atoms with Crippen LogP contribution in [0.25, 0.3) is 0 Å². The third-order valence-electron chi connectivity index (χ3n) is 1.89. The first kappa shape index (κ1) is 14.9. The maximum Gasteiger partial charge on any atom is 0.573 e. The maximum absolute atomic E-state index is 12.2. The second-order valence-electron chi connectivity index (χ2n) is 3.34. The third kappa shape index (κ3) is 5.43. The molecule has 0 fully saturated rings. The Morgan fingerprint density at radius 1 is 1.39 bits per heavy atom. The van der Waals surface area contributed by atoms with Gasteiger partial charge in [0.25, 0.3) is 0 Å². The molecule has 0 atom stereocenters. The van der Waals surface area contributed by atoms with Crippen LogP contribution in [0.3, 0.4) is 0 Å². The van der Waals surface area contributed by atoms with E-state index in [0.29, 0.717) is 17.4 Å². The molecule has 1 aromatic carbocycles. The lowest BCUT2D eigenvalue weighted by molar-refractivity contribution is -0.274. The maximum atomic E-state index is 12.2. The summed E-state index contributed by atoms with van der Waals surface area (Å²) in [5.41, 5.74) is 0.214. The van der Waals surface area contributed by atoms with Crippen LogP contribution in [0.5, 0.6) is 5.75 Å². The second kappa shape index (κ2) is 6.66. The molecule has 2 nitrogen and oxygen atoms in total. The molecule has 0 aliphatic carbocycles. The summed E-state index contributed by atoms with van der Waals surface area (Å²) in [5.74, 6) is 5.14. The summed E-state index contributed by atoms with van der Waals surface area (Å²) in [7, 11) is 1.78. The molecular formula is C12H11BrF3NO. The van der Waals surface area contributed by atoms with Crippen molar-refractivity contribution in [3.63, 3.8) is 0 Å². The average Bonchev–Trinajstić information content (AvgIpc) is 2.24. The van der Waals surface area contributed by atoms with E-state index in [1.54, 1.807) is 13.1 Å². The molecule has 0 heterocycles. The Bertz CT molecular complexity index is 463. The number of halogens is 4. The van der Waals surface area contributed by atoms with Gasteiger partial charge in [0.15, 0.2) is 0 Å². The summed E-state index contributed by atoms with van der Waals surface area (Å²) in [6.07, 6.45) is -4.17. The van der Waals surface area contributed by atoms with E-state index in [0.717, 1.165) is 0 Å². The van der Waals surface area contributed by atoms with E-state index in [2.05, 4.69) is 37.8 Å². The molecule has 0 aliphatic rings. The first-order chi connectivity index (χ1) is 8.42. The number of alkyl halides is 3. The van der Waals surface area contributed by atoms with E-state index in [1.165, 1.54) is 12.1 Å². The second-order valence-corrected chi connectivity index (χ2v) is 4.26. The molecule has 0 saturated heterocycles. The summed E-state index contributed by atoms with van der Waals surface area (Å²) in [5, 5.41) is 2.89. The number of hydrogen-bond donors (Lipinski definition) is 1. The predicted octanol–water partition coefficient (Wildman–Crippen LogP) is 3.31. The molecule has 18 heavy (non-hydrogen) atoms. The van der Waals surface area contributed by atoms with Crippen molar-refractivity contribution in [3.8, 4) is 17.6 Å². The van der Waals surface area contributed by atoms with Gasteiger partial charge in [0.2, 0.25) is 0 Å². The van der Waals surface area contributed by atoms with Gasteiger partial charge >= 0.3 is 6.36 Å². The van der Waals surface area contributed by atoms with Crippen molar-refractivity contribution in [3.05, 3.63) is 28.2 Å². The minimum atomic E-state index is -4.72. The SMILES string of the molecule is CNCCC#Cc1ccc(Br)cc1OC(F)(F)F. The van der Waals surface area contributed by atoms with Gasteiger partial charge in [0, 0.05) is 17.4 Å². The highest BCUT2D eigenvalue weighted by atomic mass is 79.9. The topological polar surface area (TPSA) is 21.3 Å². The number of nitrogens with one attached hydrogen (secondary N) is 1. The average molecular weight is 322 g/mol. The van der Waals surface area contributed by atoms with Crippen molar-refractivity contribution in [2.24, 2.45) is 0 Å². The van der Waals surface area contributed by atoms with Gasteiger partial charge in [-0.3, -0.25) is 0 Å². The smallest absolute Gasteiger partial charge is 0.404 e. The Kier molecular flexibility index (Phi) is 5.51. The van der Waals surface area contributed by atoms with Gasteiger partial charge in [0.05, 0.1) is 5.56 Å². The Hall–Kier alpha value is -1.19. The normalized spacial score (nSPS) is 10.7. The summed E-state index contributed by atoms with van der Waals surface area (Å²) in [6.45, 7) is 0.680. The van der Waals surface area contributed by atoms with Crippen LogP contribution in [-0.4, -0.2) is 20.0 Å². The highest BCUT2D eigenvalue weighted by Crippen LogP contribution is 2.28. The molecule has 0 saturated carbocycles. The van der Waals surface area contributed by atoms with Crippen LogP contribution in [0.4, 0.5) is 13.2 Å². The van der Waals surface area contributed by atoms with Crippen LogP contribution < -0.4 is 10.1 Å². The number of rotatable bonds is 3. The van der Waals surface area contributed by atoms with Crippen LogP contribution in [-0.2, 0) is 0 Å². The minimum absolute atomic E-state index is 0.214. The largest absolute Gasteiger partial charge is 0.573 e. The van der Waals surface area contributed by atoms with E-state index in [9.17, 15) is 13.2 Å². The number of hydrogen-bond acceptors (Lipinski definition) is 2. The lowest BCUT2D eigenvalue weighted by atomic mass is 10.2. The van der Waals surface area contributed by atoms with Crippen LogP contribution >= 0.6 is 15.9 Å². The summed E-state index contributed by atoms with van der Waals surface area (Å²) >= 11 is 3.09. The lowest BCUT2D eigenvalue weighted by Crippen LogP contribution is -2.17. The monoisotopic (exact) mass is 321 g/mol. The zero-order chi connectivity index (χ0) is 13.6. The standard InChI is InChI=1S/C12H11BrF3NO/c1-17-7-3-2-4-9-5-6-10(13)8-11(9)18-12(14,15)16/h5-6,8,17H,3,7H2,1H3. The van der Waals surface area contributed by atoms with Gasteiger partial charge in [-0.25, -0.2) is 0 Å². The highest BCUT2D eigenvalue weighted by Gasteiger charge is 2.32. The molecule has 0 unspecified atom stereocenters. The van der Waals surface area contributed by atoms with E-state index in [-0.39, 0.29) is 11.3 Å². The van der Waals surface area contributed by atoms with Gasteiger partial charge in [-0.15, -0.1) is 13.2 Å². The Morgan fingerprint density at radius 2 is 2.11 bits per heavy atom. The van der Waals surface area contributed by atoms with Gasteiger partial charge in [-0.05, 0) is 25.2 Å². The fourth-order valence-corrected chi connectivity index (χ4v) is 1.49. The van der Waals surface area contributed by atoms with Crippen molar-refractivity contribution in [2.45, 2.75) is 12.8 Å². The Labute approximate surface area is 112 Å². The first-order valence-electron chi connectivity index (χ1n) is 5.11. The molecule has 0 aliphatic heterocycles. The fraction of sp³-hybridized carbons (Fsp3) is 0.333. The molecule has 1 rings (SSSR count). The molecular weight excluding hydrogens is 311 g/mol. The van der Waals surface area contributed by atoms with Crippen molar-refractivity contribution in [1.82, 2.24) is 5.32 Å². The molecule has 98 valence electrons. The molecule has 0 aromatic heterocycles. The molecule has 6 heteroatoms. The van der Waals surface area contributed by atoms with Gasteiger partial charge < -0.3 is 10.1 Å². The van der Waals surface area contributed by atoms with Gasteiger partial charge in [-0.1, -0.05) is 27.8 Å². The third-order valence-corrected chi connectivity index (χ3v) is 2.39. The van der Waals surface area contributed by atoms with Crippen LogP contribution in [0.15, 0.2) is 22.7 Å². The van der Waals surface area contributed by atoms with E-state index in [4.69, 9.17) is 0 Å². The lowest BCUT2D eigenvalue weighted by Gasteiger charge is -2.10. The molecule has 0 bridgehead atoms. The van der Waals surface area contributed by atoms with Crippen molar-refractivity contribution >= 4 is 15.9 Å². The predicted molar refractivity (Wildman–Crippen MR) is 66.2 cm³/mol. The van der Waals surface area contributed by atoms with Crippen molar-refractivity contribution < 1.29 is 17.9 Å². The molecule has 0 amide bonds.